The number of thioether (sulfide) groups is 1. The Morgan fingerprint density at radius 2 is 1.78 bits per heavy atom. The summed E-state index contributed by atoms with van der Waals surface area (Å²) in [6.07, 6.45) is 0.00367. The Bertz CT molecular complexity index is 1340. The third kappa shape index (κ3) is 5.03. The highest BCUT2D eigenvalue weighted by Gasteiger charge is 2.41. The number of anilines is 2. The van der Waals surface area contributed by atoms with E-state index < -0.39 is 11.2 Å². The van der Waals surface area contributed by atoms with Crippen LogP contribution in [0.2, 0.25) is 0 Å². The van der Waals surface area contributed by atoms with Crippen LogP contribution in [-0.4, -0.2) is 40.1 Å². The molecule has 2 aliphatic rings. The number of hydrogen-bond donors (Lipinski definition) is 2. The molecule has 1 atom stereocenters. The summed E-state index contributed by atoms with van der Waals surface area (Å²) in [7, 11) is 0. The van der Waals surface area contributed by atoms with Gasteiger partial charge in [0.1, 0.15) is 5.25 Å². The number of imide groups is 1. The second-order valence-electron chi connectivity index (χ2n) is 8.03. The molecule has 3 aromatic rings. The first-order valence-electron chi connectivity index (χ1n) is 11.1. The van der Waals surface area contributed by atoms with E-state index in [0.29, 0.717) is 28.9 Å². The molecule has 36 heavy (non-hydrogen) atoms. The van der Waals surface area contributed by atoms with E-state index in [4.69, 9.17) is 19.6 Å². The summed E-state index contributed by atoms with van der Waals surface area (Å²) in [5, 5.41) is 12.2. The second kappa shape index (κ2) is 10.1. The summed E-state index contributed by atoms with van der Waals surface area (Å²) in [4.78, 5) is 42.8. The lowest BCUT2D eigenvalue weighted by atomic mass is 10.2. The lowest BCUT2D eigenvalue weighted by molar-refractivity contribution is -0.121. The summed E-state index contributed by atoms with van der Waals surface area (Å²) in [5.74, 6) is -0.459. The van der Waals surface area contributed by atoms with Crippen LogP contribution in [0, 0.1) is 0 Å². The van der Waals surface area contributed by atoms with E-state index in [0.717, 1.165) is 16.2 Å². The minimum atomic E-state index is -1.08. The molecule has 0 aliphatic carbocycles. The fourth-order valence-electron chi connectivity index (χ4n) is 3.81. The molecule has 0 saturated carbocycles. The second-order valence-corrected chi connectivity index (χ2v) is 9.22. The van der Waals surface area contributed by atoms with Gasteiger partial charge in [0.2, 0.25) is 18.6 Å². The predicted molar refractivity (Wildman–Crippen MR) is 136 cm³/mol. The maximum Gasteiger partial charge on any atom is 0.335 e. The standard InChI is InChI=1S/C26H21N3O6S/c30-23-13-22(24(31)29(23)19-9-7-17(8-10-19)25(32)33)36-26(28-18-4-2-1-3-5-18)27-14-16-6-11-20-21(12-16)35-15-34-20/h1-12,22H,13-15H2,(H,27,28)(H,32,33)/t22-/m0/s1. The smallest absolute Gasteiger partial charge is 0.335 e. The fraction of sp³-hybridized carbons (Fsp3) is 0.154. The number of ether oxygens (including phenoxy) is 2. The van der Waals surface area contributed by atoms with Crippen molar-refractivity contribution in [2.75, 3.05) is 17.0 Å². The molecule has 0 bridgehead atoms. The van der Waals surface area contributed by atoms with Crippen molar-refractivity contribution < 1.29 is 29.0 Å². The Labute approximate surface area is 210 Å². The highest BCUT2D eigenvalue weighted by molar-refractivity contribution is 8.15. The number of aliphatic imine (C=N–C) groups is 1. The van der Waals surface area contributed by atoms with Gasteiger partial charge in [-0.25, -0.2) is 9.69 Å². The first kappa shape index (κ1) is 23.4. The highest BCUT2D eigenvalue weighted by Crippen LogP contribution is 2.34. The number of carboxylic acid groups (broad SMARTS) is 1. The zero-order chi connectivity index (χ0) is 25.1. The van der Waals surface area contributed by atoms with Gasteiger partial charge in [-0.15, -0.1) is 0 Å². The van der Waals surface area contributed by atoms with E-state index in [1.807, 2.05) is 48.5 Å². The van der Waals surface area contributed by atoms with Gasteiger partial charge in [0.15, 0.2) is 16.7 Å². The Morgan fingerprint density at radius 3 is 2.53 bits per heavy atom. The Balaban J connectivity index is 1.35. The minimum absolute atomic E-state index is 0.00367. The average Bonchev–Trinajstić information content (AvgIpc) is 3.46. The molecule has 9 nitrogen and oxygen atoms in total. The van der Waals surface area contributed by atoms with E-state index in [2.05, 4.69) is 5.32 Å². The summed E-state index contributed by atoms with van der Waals surface area (Å²) < 4.78 is 10.8. The van der Waals surface area contributed by atoms with Gasteiger partial charge >= 0.3 is 5.97 Å². The number of carbonyl (C=O) groups excluding carboxylic acids is 2. The summed E-state index contributed by atoms with van der Waals surface area (Å²) in [6, 6.07) is 20.7. The van der Waals surface area contributed by atoms with Crippen molar-refractivity contribution in [1.29, 1.82) is 0 Å². The van der Waals surface area contributed by atoms with Crippen LogP contribution in [-0.2, 0) is 16.1 Å². The van der Waals surface area contributed by atoms with Gasteiger partial charge in [-0.05, 0) is 54.1 Å². The van der Waals surface area contributed by atoms with Gasteiger partial charge in [-0.1, -0.05) is 36.0 Å². The number of amides is 2. The summed E-state index contributed by atoms with van der Waals surface area (Å²) in [5.41, 5.74) is 2.12. The topological polar surface area (TPSA) is 118 Å². The van der Waals surface area contributed by atoms with Crippen LogP contribution in [0.4, 0.5) is 11.4 Å². The monoisotopic (exact) mass is 503 g/mol. The van der Waals surface area contributed by atoms with Crippen LogP contribution in [0.5, 0.6) is 11.5 Å². The van der Waals surface area contributed by atoms with Gasteiger partial charge in [0, 0.05) is 12.1 Å². The van der Waals surface area contributed by atoms with Crippen LogP contribution in [0.3, 0.4) is 0 Å². The molecule has 1 saturated heterocycles. The van der Waals surface area contributed by atoms with E-state index >= 15 is 0 Å². The molecular weight excluding hydrogens is 482 g/mol. The molecule has 182 valence electrons. The molecule has 2 amide bonds. The van der Waals surface area contributed by atoms with Crippen molar-refractivity contribution in [3.63, 3.8) is 0 Å². The third-order valence-corrected chi connectivity index (χ3v) is 6.71. The van der Waals surface area contributed by atoms with Crippen molar-refractivity contribution in [2.24, 2.45) is 4.99 Å². The quantitative estimate of drug-likeness (QED) is 0.293. The van der Waals surface area contributed by atoms with E-state index in [9.17, 15) is 14.4 Å². The zero-order valence-corrected chi connectivity index (χ0v) is 19.7. The van der Waals surface area contributed by atoms with Crippen molar-refractivity contribution >= 4 is 46.1 Å². The van der Waals surface area contributed by atoms with Crippen LogP contribution < -0.4 is 19.7 Å². The van der Waals surface area contributed by atoms with Gasteiger partial charge in [0.25, 0.3) is 0 Å². The number of aromatic carboxylic acids is 1. The Hall–Kier alpha value is -4.31. The third-order valence-electron chi connectivity index (χ3n) is 5.60. The normalized spacial score (nSPS) is 16.9. The highest BCUT2D eigenvalue weighted by atomic mass is 32.2. The van der Waals surface area contributed by atoms with Crippen LogP contribution in [0.25, 0.3) is 0 Å². The number of rotatable bonds is 6. The minimum Gasteiger partial charge on any atom is -0.478 e. The van der Waals surface area contributed by atoms with E-state index in [1.165, 1.54) is 36.0 Å². The first-order chi connectivity index (χ1) is 17.5. The molecular formula is C26H21N3O6S. The molecule has 0 radical (unpaired) electrons. The lowest BCUT2D eigenvalue weighted by Gasteiger charge is -2.16. The van der Waals surface area contributed by atoms with Crippen molar-refractivity contribution in [3.8, 4) is 11.5 Å². The first-order valence-corrected chi connectivity index (χ1v) is 12.0. The lowest BCUT2D eigenvalue weighted by Crippen LogP contribution is -2.31. The number of nitrogens with zero attached hydrogens (tertiary/aromatic N) is 2. The number of para-hydroxylation sites is 1. The summed E-state index contributed by atoms with van der Waals surface area (Å²) >= 11 is 1.19. The van der Waals surface area contributed by atoms with E-state index in [-0.39, 0.29) is 30.6 Å². The van der Waals surface area contributed by atoms with Crippen LogP contribution in [0.1, 0.15) is 22.3 Å². The number of fused-ring (bicyclic) bond motifs is 1. The molecule has 10 heteroatoms. The number of hydrogen-bond acceptors (Lipinski definition) is 7. The molecule has 2 N–H and O–H groups in total. The van der Waals surface area contributed by atoms with Gasteiger partial charge in [-0.3, -0.25) is 14.6 Å². The van der Waals surface area contributed by atoms with Crippen molar-refractivity contribution in [3.05, 3.63) is 83.9 Å². The maximum absolute atomic E-state index is 13.2. The molecule has 0 aromatic heterocycles. The molecule has 0 unspecified atom stereocenters. The van der Waals surface area contributed by atoms with E-state index in [1.54, 1.807) is 0 Å². The summed E-state index contributed by atoms with van der Waals surface area (Å²) in [6.45, 7) is 0.514. The number of carboxylic acids is 1. The molecule has 5 rings (SSSR count). The van der Waals surface area contributed by atoms with Gasteiger partial charge < -0.3 is 19.9 Å². The SMILES string of the molecule is O=C(O)c1ccc(N2C(=O)C[C@H](SC(=NCc3ccc4c(c3)OCO4)Nc3ccccc3)C2=O)cc1. The van der Waals surface area contributed by atoms with Crippen LogP contribution in [0.15, 0.2) is 77.8 Å². The maximum atomic E-state index is 13.2. The number of benzene rings is 3. The molecule has 3 aromatic carbocycles. The largest absolute Gasteiger partial charge is 0.478 e. The van der Waals surface area contributed by atoms with Gasteiger partial charge in [0.05, 0.1) is 17.8 Å². The predicted octanol–water partition coefficient (Wildman–Crippen LogP) is 4.15. The Morgan fingerprint density at radius 1 is 1.03 bits per heavy atom. The Kier molecular flexibility index (Phi) is 6.59. The number of amidine groups is 1. The molecule has 2 heterocycles. The number of carbonyl (C=O) groups is 3. The number of nitrogens with one attached hydrogen (secondary N) is 1. The van der Waals surface area contributed by atoms with Crippen molar-refractivity contribution in [1.82, 2.24) is 0 Å². The molecule has 2 aliphatic heterocycles. The van der Waals surface area contributed by atoms with Crippen LogP contribution >= 0.6 is 11.8 Å². The fourth-order valence-corrected chi connectivity index (χ4v) is 4.83. The van der Waals surface area contributed by atoms with Gasteiger partial charge in [-0.2, -0.15) is 0 Å². The molecule has 1 fully saturated rings. The van der Waals surface area contributed by atoms with Crippen molar-refractivity contribution in [2.45, 2.75) is 18.2 Å². The molecule has 0 spiro atoms. The zero-order valence-electron chi connectivity index (χ0n) is 18.9. The average molecular weight is 504 g/mol.